The van der Waals surface area contributed by atoms with E-state index < -0.39 is 6.10 Å². The molecule has 0 saturated carbocycles. The van der Waals surface area contributed by atoms with Crippen LogP contribution in [-0.2, 0) is 0 Å². The minimum atomic E-state index is -0.581. The summed E-state index contributed by atoms with van der Waals surface area (Å²) in [5, 5.41) is 28.8. The van der Waals surface area contributed by atoms with Crippen LogP contribution in [-0.4, -0.2) is 28.0 Å². The number of aromatic hydroxyl groups is 1. The fraction of sp³-hybridized carbons (Fsp3) is 0.273. The first-order valence-corrected chi connectivity index (χ1v) is 8.53. The van der Waals surface area contributed by atoms with Crippen molar-refractivity contribution in [2.75, 3.05) is 6.61 Å². The highest BCUT2D eigenvalue weighted by atomic mass is 16.3. The van der Waals surface area contributed by atoms with Crippen LogP contribution >= 0.6 is 0 Å². The number of aliphatic hydroxyl groups is 2. The number of aryl methyl sites for hydroxylation is 2. The zero-order chi connectivity index (χ0) is 18.2. The van der Waals surface area contributed by atoms with Gasteiger partial charge in [0, 0.05) is 0 Å². The van der Waals surface area contributed by atoms with E-state index in [9.17, 15) is 10.2 Å². The van der Waals surface area contributed by atoms with Gasteiger partial charge in [-0.1, -0.05) is 48.6 Å². The van der Waals surface area contributed by atoms with Crippen LogP contribution in [0.25, 0.3) is 11.6 Å². The summed E-state index contributed by atoms with van der Waals surface area (Å²) in [7, 11) is 0. The summed E-state index contributed by atoms with van der Waals surface area (Å²) in [5.41, 5.74) is 4.98. The van der Waals surface area contributed by atoms with E-state index in [0.29, 0.717) is 18.6 Å². The van der Waals surface area contributed by atoms with Gasteiger partial charge in [-0.2, -0.15) is 0 Å². The minimum absolute atomic E-state index is 0.0650. The first-order valence-electron chi connectivity index (χ1n) is 8.53. The molecule has 2 aromatic carbocycles. The largest absolute Gasteiger partial charge is 0.507 e. The molecule has 2 rings (SSSR count). The molecule has 25 heavy (non-hydrogen) atoms. The second kappa shape index (κ2) is 9.21. The highest BCUT2D eigenvalue weighted by molar-refractivity contribution is 5.82. The molecule has 0 saturated heterocycles. The lowest BCUT2D eigenvalue weighted by Crippen LogP contribution is -2.02. The molecule has 0 bridgehead atoms. The standard InChI is InChI=1S/C22H26O3/c1-16-13-18(14-17(2)22(16)25)15-20(19-7-4-3-5-8-19)10-11-21(24)9-6-12-23/h3-9,13-15,21,23-25H,10-12H2,1-2H3/b9-6-,20-15-/t21-/m0/s1. The number of rotatable bonds is 7. The lowest BCUT2D eigenvalue weighted by molar-refractivity contribution is 0.213. The Bertz CT molecular complexity index is 722. The molecule has 3 N–H and O–H groups in total. The maximum absolute atomic E-state index is 10.0. The maximum Gasteiger partial charge on any atom is 0.121 e. The van der Waals surface area contributed by atoms with Crippen LogP contribution in [0.15, 0.2) is 54.6 Å². The molecule has 0 spiro atoms. The normalized spacial score (nSPS) is 13.4. The number of benzene rings is 2. The van der Waals surface area contributed by atoms with Crippen molar-refractivity contribution in [2.24, 2.45) is 0 Å². The minimum Gasteiger partial charge on any atom is -0.507 e. The predicted octanol–water partition coefficient (Wildman–Crippen LogP) is 4.24. The van der Waals surface area contributed by atoms with Crippen molar-refractivity contribution in [1.82, 2.24) is 0 Å². The zero-order valence-electron chi connectivity index (χ0n) is 14.8. The Morgan fingerprint density at radius 1 is 1.08 bits per heavy atom. The van der Waals surface area contributed by atoms with Crippen molar-refractivity contribution < 1.29 is 15.3 Å². The summed E-state index contributed by atoms with van der Waals surface area (Å²) in [4.78, 5) is 0. The first-order chi connectivity index (χ1) is 12.0. The molecule has 2 aromatic rings. The maximum atomic E-state index is 10.0. The number of aliphatic hydroxyl groups excluding tert-OH is 2. The average molecular weight is 338 g/mol. The van der Waals surface area contributed by atoms with E-state index in [1.165, 1.54) is 0 Å². The van der Waals surface area contributed by atoms with Gasteiger partial charge in [-0.05, 0) is 66.6 Å². The molecule has 0 fully saturated rings. The highest BCUT2D eigenvalue weighted by Crippen LogP contribution is 2.28. The van der Waals surface area contributed by atoms with Crippen LogP contribution in [0, 0.1) is 13.8 Å². The van der Waals surface area contributed by atoms with Gasteiger partial charge in [-0.3, -0.25) is 0 Å². The van der Waals surface area contributed by atoms with Crippen molar-refractivity contribution >= 4 is 11.6 Å². The van der Waals surface area contributed by atoms with E-state index in [-0.39, 0.29) is 6.61 Å². The molecule has 132 valence electrons. The van der Waals surface area contributed by atoms with E-state index in [0.717, 1.165) is 27.8 Å². The molecule has 0 aliphatic heterocycles. The lowest BCUT2D eigenvalue weighted by atomic mass is 9.95. The molecule has 0 heterocycles. The average Bonchev–Trinajstić information content (AvgIpc) is 2.62. The Labute approximate surface area is 149 Å². The van der Waals surface area contributed by atoms with Gasteiger partial charge in [0.15, 0.2) is 0 Å². The van der Waals surface area contributed by atoms with E-state index in [1.54, 1.807) is 12.2 Å². The summed E-state index contributed by atoms with van der Waals surface area (Å²) in [5.74, 6) is 0.336. The van der Waals surface area contributed by atoms with Crippen LogP contribution in [0.3, 0.4) is 0 Å². The summed E-state index contributed by atoms with van der Waals surface area (Å²) < 4.78 is 0. The van der Waals surface area contributed by atoms with Crippen LogP contribution in [0.5, 0.6) is 5.75 Å². The van der Waals surface area contributed by atoms with Gasteiger partial charge in [0.1, 0.15) is 5.75 Å². The van der Waals surface area contributed by atoms with Crippen LogP contribution in [0.1, 0.15) is 35.1 Å². The van der Waals surface area contributed by atoms with Gasteiger partial charge < -0.3 is 15.3 Å². The topological polar surface area (TPSA) is 60.7 Å². The van der Waals surface area contributed by atoms with Gasteiger partial charge in [0.25, 0.3) is 0 Å². The third-order valence-electron chi connectivity index (χ3n) is 4.17. The third kappa shape index (κ3) is 5.59. The third-order valence-corrected chi connectivity index (χ3v) is 4.17. The molecule has 0 aromatic heterocycles. The van der Waals surface area contributed by atoms with E-state index in [1.807, 2.05) is 44.2 Å². The molecule has 0 radical (unpaired) electrons. The second-order valence-electron chi connectivity index (χ2n) is 6.26. The Morgan fingerprint density at radius 3 is 2.32 bits per heavy atom. The number of hydrogen-bond acceptors (Lipinski definition) is 3. The number of phenolic OH excluding ortho intramolecular Hbond substituents is 1. The van der Waals surface area contributed by atoms with E-state index >= 15 is 0 Å². The monoisotopic (exact) mass is 338 g/mol. The summed E-state index contributed by atoms with van der Waals surface area (Å²) in [6.07, 6.45) is 5.99. The van der Waals surface area contributed by atoms with Gasteiger partial charge in [0.05, 0.1) is 12.7 Å². The number of hydrogen-bond donors (Lipinski definition) is 3. The fourth-order valence-corrected chi connectivity index (χ4v) is 2.84. The van der Waals surface area contributed by atoms with E-state index in [2.05, 4.69) is 18.2 Å². The van der Waals surface area contributed by atoms with Crippen LogP contribution in [0.4, 0.5) is 0 Å². The van der Waals surface area contributed by atoms with Gasteiger partial charge >= 0.3 is 0 Å². The summed E-state index contributed by atoms with van der Waals surface area (Å²) in [6.45, 7) is 3.72. The quantitative estimate of drug-likeness (QED) is 0.523. The summed E-state index contributed by atoms with van der Waals surface area (Å²) >= 11 is 0. The molecular weight excluding hydrogens is 312 g/mol. The Hall–Kier alpha value is -2.36. The molecule has 0 amide bonds. The highest BCUT2D eigenvalue weighted by Gasteiger charge is 2.08. The first kappa shape index (κ1) is 19.0. The Balaban J connectivity index is 2.30. The van der Waals surface area contributed by atoms with Gasteiger partial charge in [-0.15, -0.1) is 0 Å². The van der Waals surface area contributed by atoms with E-state index in [4.69, 9.17) is 5.11 Å². The Morgan fingerprint density at radius 2 is 1.72 bits per heavy atom. The molecule has 1 atom stereocenters. The Kier molecular flexibility index (Phi) is 6.99. The van der Waals surface area contributed by atoms with Crippen molar-refractivity contribution in [3.8, 4) is 5.75 Å². The fourth-order valence-electron chi connectivity index (χ4n) is 2.84. The molecule has 0 unspecified atom stereocenters. The van der Waals surface area contributed by atoms with Gasteiger partial charge in [0.2, 0.25) is 0 Å². The molecular formula is C22H26O3. The second-order valence-corrected chi connectivity index (χ2v) is 6.26. The number of phenols is 1. The summed E-state index contributed by atoms with van der Waals surface area (Å²) in [6, 6.07) is 14.0. The van der Waals surface area contributed by atoms with Crippen LogP contribution < -0.4 is 0 Å². The molecule has 0 aliphatic rings. The predicted molar refractivity (Wildman–Crippen MR) is 103 cm³/mol. The van der Waals surface area contributed by atoms with Crippen molar-refractivity contribution in [1.29, 1.82) is 0 Å². The SMILES string of the molecule is Cc1cc(/C=C(/CC[C@@H](O)/C=C\CO)c2ccccc2)cc(C)c1O. The smallest absolute Gasteiger partial charge is 0.121 e. The number of allylic oxidation sites excluding steroid dienone is 1. The van der Waals surface area contributed by atoms with Crippen molar-refractivity contribution in [3.63, 3.8) is 0 Å². The molecule has 3 heteroatoms. The molecule has 0 aliphatic carbocycles. The van der Waals surface area contributed by atoms with Crippen molar-refractivity contribution in [3.05, 3.63) is 76.9 Å². The zero-order valence-corrected chi connectivity index (χ0v) is 14.8. The van der Waals surface area contributed by atoms with Crippen molar-refractivity contribution in [2.45, 2.75) is 32.8 Å². The molecule has 3 nitrogen and oxygen atoms in total. The van der Waals surface area contributed by atoms with Gasteiger partial charge in [-0.25, -0.2) is 0 Å². The van der Waals surface area contributed by atoms with Crippen LogP contribution in [0.2, 0.25) is 0 Å². The lowest BCUT2D eigenvalue weighted by Gasteiger charge is -2.12.